The predicted molar refractivity (Wildman–Crippen MR) is 216 cm³/mol. The van der Waals surface area contributed by atoms with Gasteiger partial charge in [0.25, 0.3) is 0 Å². The highest BCUT2D eigenvalue weighted by Gasteiger charge is 2.18. The Balaban J connectivity index is 1.19. The average molecular weight is 633 g/mol. The van der Waals surface area contributed by atoms with Crippen LogP contribution in [0.5, 0.6) is 0 Å². The Kier molecular flexibility index (Phi) is 6.60. The molecule has 0 bridgehead atoms. The van der Waals surface area contributed by atoms with E-state index in [1.807, 2.05) is 0 Å². The molecule has 0 aromatic heterocycles. The molecule has 0 radical (unpaired) electrons. The van der Waals surface area contributed by atoms with Crippen molar-refractivity contribution in [2.45, 2.75) is 0 Å². The largest absolute Gasteiger partial charge is 0.0616 e. The standard InChI is InChI=1S/C50H32/c1-3-17-39-34(13-1)15-11-25-43(39)42-20-6-5-19-41(42)36-29-27-33-28-30-37(32-38(33)31-36)49-45-21-7-9-23-47(45)50(48-24-10-8-22-46(48)49)44-26-12-16-35-14-2-4-18-40(35)44/h1-32H. The highest BCUT2D eigenvalue weighted by molar-refractivity contribution is 6.23. The minimum atomic E-state index is 1.22. The van der Waals surface area contributed by atoms with Gasteiger partial charge in [-0.1, -0.05) is 182 Å². The van der Waals surface area contributed by atoms with Crippen molar-refractivity contribution in [2.24, 2.45) is 0 Å². The first kappa shape index (κ1) is 28.5. The molecule has 50 heavy (non-hydrogen) atoms. The Hall–Kier alpha value is -6.50. The smallest absolute Gasteiger partial charge is 0.00201 e. The molecule has 0 fully saturated rings. The van der Waals surface area contributed by atoms with Crippen molar-refractivity contribution in [3.63, 3.8) is 0 Å². The van der Waals surface area contributed by atoms with Crippen molar-refractivity contribution >= 4 is 53.9 Å². The molecule has 10 aromatic carbocycles. The van der Waals surface area contributed by atoms with Gasteiger partial charge in [0.05, 0.1) is 0 Å². The van der Waals surface area contributed by atoms with Crippen LogP contribution < -0.4 is 0 Å². The highest BCUT2D eigenvalue weighted by Crippen LogP contribution is 2.46. The summed E-state index contributed by atoms with van der Waals surface area (Å²) in [6, 6.07) is 71.3. The third-order valence-corrected chi connectivity index (χ3v) is 10.4. The van der Waals surface area contributed by atoms with Crippen LogP contribution in [0.2, 0.25) is 0 Å². The number of rotatable bonds is 4. The Morgan fingerprint density at radius 3 is 1.26 bits per heavy atom. The topological polar surface area (TPSA) is 0 Å². The van der Waals surface area contributed by atoms with E-state index in [0.29, 0.717) is 0 Å². The van der Waals surface area contributed by atoms with Crippen molar-refractivity contribution in [3.8, 4) is 44.5 Å². The molecule has 0 atom stereocenters. The molecule has 10 aromatic rings. The molecule has 0 amide bonds. The molecule has 0 saturated carbocycles. The van der Waals surface area contributed by atoms with Gasteiger partial charge in [-0.15, -0.1) is 0 Å². The van der Waals surface area contributed by atoms with Crippen molar-refractivity contribution in [1.29, 1.82) is 0 Å². The summed E-state index contributed by atoms with van der Waals surface area (Å²) in [6.07, 6.45) is 0. The molecule has 0 saturated heterocycles. The van der Waals surface area contributed by atoms with E-state index in [-0.39, 0.29) is 0 Å². The Bertz CT molecular complexity index is 2860. The maximum Gasteiger partial charge on any atom is -0.00201 e. The van der Waals surface area contributed by atoms with Gasteiger partial charge in [-0.05, 0) is 111 Å². The molecule has 0 aliphatic rings. The van der Waals surface area contributed by atoms with E-state index in [4.69, 9.17) is 0 Å². The van der Waals surface area contributed by atoms with Crippen molar-refractivity contribution < 1.29 is 0 Å². The second kappa shape index (κ2) is 11.6. The lowest BCUT2D eigenvalue weighted by Crippen LogP contribution is -1.92. The van der Waals surface area contributed by atoms with Crippen LogP contribution in [-0.2, 0) is 0 Å². The minimum Gasteiger partial charge on any atom is -0.0616 e. The van der Waals surface area contributed by atoms with E-state index < -0.39 is 0 Å². The summed E-state index contributed by atoms with van der Waals surface area (Å²) >= 11 is 0. The van der Waals surface area contributed by atoms with Crippen LogP contribution in [0.4, 0.5) is 0 Å². The Morgan fingerprint density at radius 1 is 0.200 bits per heavy atom. The lowest BCUT2D eigenvalue weighted by atomic mass is 9.84. The molecule has 0 nitrogen and oxygen atoms in total. The highest BCUT2D eigenvalue weighted by atomic mass is 14.2. The maximum atomic E-state index is 2.39. The fourth-order valence-electron chi connectivity index (χ4n) is 8.17. The Labute approximate surface area is 291 Å². The van der Waals surface area contributed by atoms with Gasteiger partial charge in [0.15, 0.2) is 0 Å². The van der Waals surface area contributed by atoms with Crippen LogP contribution in [0.1, 0.15) is 0 Å². The molecule has 0 heterocycles. The maximum absolute atomic E-state index is 2.39. The van der Waals surface area contributed by atoms with Crippen molar-refractivity contribution in [2.75, 3.05) is 0 Å². The van der Waals surface area contributed by atoms with E-state index in [9.17, 15) is 0 Å². The van der Waals surface area contributed by atoms with Crippen molar-refractivity contribution in [3.05, 3.63) is 194 Å². The van der Waals surface area contributed by atoms with Gasteiger partial charge in [-0.3, -0.25) is 0 Å². The average Bonchev–Trinajstić information content (AvgIpc) is 3.19. The fourth-order valence-corrected chi connectivity index (χ4v) is 8.17. The third kappa shape index (κ3) is 4.54. The monoisotopic (exact) mass is 632 g/mol. The van der Waals surface area contributed by atoms with Gasteiger partial charge in [-0.2, -0.15) is 0 Å². The summed E-state index contributed by atoms with van der Waals surface area (Å²) in [7, 11) is 0. The van der Waals surface area contributed by atoms with Crippen LogP contribution in [0.15, 0.2) is 194 Å². The molecule has 0 N–H and O–H groups in total. The van der Waals surface area contributed by atoms with Gasteiger partial charge >= 0.3 is 0 Å². The van der Waals surface area contributed by atoms with Crippen LogP contribution >= 0.6 is 0 Å². The molecular weight excluding hydrogens is 601 g/mol. The zero-order chi connectivity index (χ0) is 33.0. The van der Waals surface area contributed by atoms with Gasteiger partial charge in [-0.25, -0.2) is 0 Å². The lowest BCUT2D eigenvalue weighted by Gasteiger charge is -2.19. The van der Waals surface area contributed by atoms with Crippen molar-refractivity contribution in [1.82, 2.24) is 0 Å². The molecule has 0 aliphatic heterocycles. The first-order valence-corrected chi connectivity index (χ1v) is 17.4. The number of hydrogen-bond donors (Lipinski definition) is 0. The van der Waals surface area contributed by atoms with Crippen LogP contribution in [0, 0.1) is 0 Å². The van der Waals surface area contributed by atoms with Crippen LogP contribution in [0.3, 0.4) is 0 Å². The quantitative estimate of drug-likeness (QED) is 0.169. The third-order valence-electron chi connectivity index (χ3n) is 10.4. The van der Waals surface area contributed by atoms with Crippen LogP contribution in [0.25, 0.3) is 98.4 Å². The normalized spacial score (nSPS) is 11.6. The second-order valence-electron chi connectivity index (χ2n) is 13.2. The summed E-state index contributed by atoms with van der Waals surface area (Å²) in [5.41, 5.74) is 10.1. The molecule has 0 aliphatic carbocycles. The molecule has 232 valence electrons. The van der Waals surface area contributed by atoms with Gasteiger partial charge in [0.2, 0.25) is 0 Å². The minimum absolute atomic E-state index is 1.22. The Morgan fingerprint density at radius 2 is 0.620 bits per heavy atom. The van der Waals surface area contributed by atoms with E-state index in [0.717, 1.165) is 0 Å². The van der Waals surface area contributed by atoms with E-state index in [2.05, 4.69) is 194 Å². The summed E-state index contributed by atoms with van der Waals surface area (Å²) in [4.78, 5) is 0. The van der Waals surface area contributed by atoms with Crippen LogP contribution in [-0.4, -0.2) is 0 Å². The summed E-state index contributed by atoms with van der Waals surface area (Å²) in [5.74, 6) is 0. The van der Waals surface area contributed by atoms with Gasteiger partial charge in [0.1, 0.15) is 0 Å². The SMILES string of the molecule is c1ccc(-c2cccc3ccccc23)c(-c2ccc3ccc(-c4c5ccccc5c(-c5cccc6ccccc56)c5ccccc45)cc3c2)c1. The molecule has 0 unspecified atom stereocenters. The zero-order valence-corrected chi connectivity index (χ0v) is 27.5. The molecule has 10 rings (SSSR count). The summed E-state index contributed by atoms with van der Waals surface area (Å²) in [5, 5.41) is 12.6. The number of hydrogen-bond acceptors (Lipinski definition) is 0. The second-order valence-corrected chi connectivity index (χ2v) is 13.2. The first-order chi connectivity index (χ1) is 24.8. The summed E-state index contributed by atoms with van der Waals surface area (Å²) < 4.78 is 0. The summed E-state index contributed by atoms with van der Waals surface area (Å²) in [6.45, 7) is 0. The van der Waals surface area contributed by atoms with E-state index in [1.165, 1.54) is 98.4 Å². The van der Waals surface area contributed by atoms with E-state index >= 15 is 0 Å². The first-order valence-electron chi connectivity index (χ1n) is 17.4. The predicted octanol–water partition coefficient (Wildman–Crippen LogP) is 14.1. The van der Waals surface area contributed by atoms with Gasteiger partial charge < -0.3 is 0 Å². The van der Waals surface area contributed by atoms with Gasteiger partial charge in [0, 0.05) is 0 Å². The fraction of sp³-hybridized carbons (Fsp3) is 0. The molecule has 0 heteroatoms. The zero-order valence-electron chi connectivity index (χ0n) is 27.5. The lowest BCUT2D eigenvalue weighted by molar-refractivity contribution is 1.61. The molecule has 0 spiro atoms. The van der Waals surface area contributed by atoms with E-state index in [1.54, 1.807) is 0 Å². The molecular formula is C50H32. The number of benzene rings is 10. The number of fused-ring (bicyclic) bond motifs is 5.